The van der Waals surface area contributed by atoms with Gasteiger partial charge in [0, 0.05) is 44.1 Å². The van der Waals surface area contributed by atoms with Crippen LogP contribution in [-0.2, 0) is 13.0 Å². The molecule has 0 bridgehead atoms. The molecule has 5 heteroatoms. The molecule has 0 amide bonds. The Labute approximate surface area is 119 Å². The van der Waals surface area contributed by atoms with E-state index in [-0.39, 0.29) is 0 Å². The normalized spacial score (nSPS) is 21.1. The number of hydrogen-bond acceptors (Lipinski definition) is 5. The zero-order valence-corrected chi connectivity index (χ0v) is 12.6. The zero-order valence-electron chi connectivity index (χ0n) is 11.8. The highest BCUT2D eigenvalue weighted by molar-refractivity contribution is 7.15. The highest BCUT2D eigenvalue weighted by Crippen LogP contribution is 2.31. The van der Waals surface area contributed by atoms with Crippen LogP contribution in [-0.4, -0.2) is 42.6 Å². The van der Waals surface area contributed by atoms with E-state index in [1.165, 1.54) is 48.2 Å². The second-order valence-corrected chi connectivity index (χ2v) is 6.72. The van der Waals surface area contributed by atoms with Gasteiger partial charge in [0.2, 0.25) is 0 Å². The summed E-state index contributed by atoms with van der Waals surface area (Å²) in [5, 5.41) is 1.18. The molecule has 1 aromatic rings. The predicted octanol–water partition coefficient (Wildman–Crippen LogP) is 1.70. The van der Waals surface area contributed by atoms with Gasteiger partial charge >= 0.3 is 0 Å². The van der Waals surface area contributed by atoms with Crippen LogP contribution in [0.15, 0.2) is 0 Å². The fraction of sp³-hybridized carbons (Fsp3) is 0.786. The third-order valence-corrected chi connectivity index (χ3v) is 5.32. The second kappa shape index (κ2) is 5.77. The predicted molar refractivity (Wildman–Crippen MR) is 80.8 cm³/mol. The van der Waals surface area contributed by atoms with Crippen LogP contribution in [0, 0.1) is 5.92 Å². The van der Waals surface area contributed by atoms with E-state index in [9.17, 15) is 0 Å². The van der Waals surface area contributed by atoms with Gasteiger partial charge < -0.3 is 10.6 Å². The first-order valence-corrected chi connectivity index (χ1v) is 8.27. The van der Waals surface area contributed by atoms with Gasteiger partial charge in [0.15, 0.2) is 5.13 Å². The van der Waals surface area contributed by atoms with Gasteiger partial charge in [-0.15, -0.1) is 11.3 Å². The minimum atomic E-state index is 0.627. The Morgan fingerprint density at radius 3 is 2.53 bits per heavy atom. The Morgan fingerprint density at radius 2 is 2.00 bits per heavy atom. The first kappa shape index (κ1) is 13.3. The van der Waals surface area contributed by atoms with E-state index in [2.05, 4.69) is 16.7 Å². The number of anilines is 1. The third-order valence-electron chi connectivity index (χ3n) is 4.14. The Bertz CT molecular complexity index is 398. The number of thiazole rings is 1. The van der Waals surface area contributed by atoms with Crippen LogP contribution in [0.25, 0.3) is 0 Å². The van der Waals surface area contributed by atoms with Crippen molar-refractivity contribution in [1.29, 1.82) is 0 Å². The van der Waals surface area contributed by atoms with Crippen LogP contribution in [0.3, 0.4) is 0 Å². The van der Waals surface area contributed by atoms with E-state index in [0.717, 1.165) is 25.4 Å². The summed E-state index contributed by atoms with van der Waals surface area (Å²) in [6, 6.07) is 0. The van der Waals surface area contributed by atoms with Crippen LogP contribution in [0.5, 0.6) is 0 Å². The molecule has 0 spiro atoms. The van der Waals surface area contributed by atoms with Gasteiger partial charge in [-0.05, 0) is 25.2 Å². The minimum absolute atomic E-state index is 0.627. The van der Waals surface area contributed by atoms with Crippen LogP contribution in [0.2, 0.25) is 0 Å². The van der Waals surface area contributed by atoms with E-state index < -0.39 is 0 Å². The molecule has 2 aliphatic rings. The molecule has 1 aliphatic carbocycles. The minimum Gasteiger partial charge on any atom is -0.346 e. The molecule has 1 aliphatic heterocycles. The molecule has 4 nitrogen and oxygen atoms in total. The molecule has 2 N–H and O–H groups in total. The van der Waals surface area contributed by atoms with Crippen molar-refractivity contribution in [2.75, 3.05) is 37.6 Å². The van der Waals surface area contributed by atoms with Gasteiger partial charge in [0.05, 0.1) is 5.69 Å². The highest BCUT2D eigenvalue weighted by Gasteiger charge is 2.27. The fourth-order valence-electron chi connectivity index (χ4n) is 2.73. The monoisotopic (exact) mass is 280 g/mol. The van der Waals surface area contributed by atoms with E-state index in [1.54, 1.807) is 11.3 Å². The van der Waals surface area contributed by atoms with Crippen LogP contribution < -0.4 is 10.6 Å². The molecule has 0 unspecified atom stereocenters. The van der Waals surface area contributed by atoms with Crippen molar-refractivity contribution in [2.45, 2.75) is 32.7 Å². The first-order valence-electron chi connectivity index (χ1n) is 7.46. The molecule has 0 atom stereocenters. The van der Waals surface area contributed by atoms with Crippen molar-refractivity contribution >= 4 is 16.5 Å². The molecule has 1 saturated carbocycles. The first-order chi connectivity index (χ1) is 9.30. The summed E-state index contributed by atoms with van der Waals surface area (Å²) in [4.78, 5) is 11.1. The van der Waals surface area contributed by atoms with E-state index in [1.807, 2.05) is 0 Å². The molecule has 2 heterocycles. The van der Waals surface area contributed by atoms with Crippen molar-refractivity contribution in [3.63, 3.8) is 0 Å². The van der Waals surface area contributed by atoms with Gasteiger partial charge in [-0.2, -0.15) is 0 Å². The van der Waals surface area contributed by atoms with Crippen LogP contribution in [0.4, 0.5) is 5.13 Å². The smallest absolute Gasteiger partial charge is 0.185 e. The van der Waals surface area contributed by atoms with Crippen molar-refractivity contribution < 1.29 is 0 Å². The average molecular weight is 280 g/mol. The third kappa shape index (κ3) is 3.09. The fourth-order valence-corrected chi connectivity index (χ4v) is 3.81. The van der Waals surface area contributed by atoms with Crippen LogP contribution >= 0.6 is 11.3 Å². The maximum absolute atomic E-state index is 5.80. The lowest BCUT2D eigenvalue weighted by atomic mass is 10.3. The standard InChI is InChI=1S/C14H24N4S/c1-2-12-13(9-15)19-14(16-12)18-7-5-17(6-8-18)10-11-3-4-11/h11H,2-10,15H2,1H3. The summed E-state index contributed by atoms with van der Waals surface area (Å²) >= 11 is 1.79. The molecule has 1 aromatic heterocycles. The maximum Gasteiger partial charge on any atom is 0.185 e. The second-order valence-electron chi connectivity index (χ2n) is 5.66. The zero-order chi connectivity index (χ0) is 13.2. The summed E-state index contributed by atoms with van der Waals surface area (Å²) in [7, 11) is 0. The molecule has 2 fully saturated rings. The number of nitrogens with zero attached hydrogens (tertiary/aromatic N) is 3. The average Bonchev–Trinajstić information content (AvgIpc) is 3.16. The number of aryl methyl sites for hydroxylation is 1. The van der Waals surface area contributed by atoms with E-state index >= 15 is 0 Å². The van der Waals surface area contributed by atoms with E-state index in [0.29, 0.717) is 6.54 Å². The summed E-state index contributed by atoms with van der Waals surface area (Å²) < 4.78 is 0. The quantitative estimate of drug-likeness (QED) is 0.891. The Balaban J connectivity index is 1.59. The molecule has 106 valence electrons. The molecular weight excluding hydrogens is 256 g/mol. The number of piperazine rings is 1. The lowest BCUT2D eigenvalue weighted by Gasteiger charge is -2.34. The number of aromatic nitrogens is 1. The highest BCUT2D eigenvalue weighted by atomic mass is 32.1. The molecule has 3 rings (SSSR count). The van der Waals surface area contributed by atoms with Gasteiger partial charge in [0.1, 0.15) is 0 Å². The number of hydrogen-bond donors (Lipinski definition) is 1. The lowest BCUT2D eigenvalue weighted by Crippen LogP contribution is -2.47. The van der Waals surface area contributed by atoms with Crippen molar-refractivity contribution in [3.05, 3.63) is 10.6 Å². The molecule has 1 saturated heterocycles. The summed E-state index contributed by atoms with van der Waals surface area (Å²) in [5.74, 6) is 1.00. The Morgan fingerprint density at radius 1 is 1.26 bits per heavy atom. The molecule has 19 heavy (non-hydrogen) atoms. The Hall–Kier alpha value is -0.650. The van der Waals surface area contributed by atoms with Gasteiger partial charge in [-0.25, -0.2) is 4.98 Å². The van der Waals surface area contributed by atoms with Gasteiger partial charge in [0.25, 0.3) is 0 Å². The molecule has 0 radical (unpaired) electrons. The summed E-state index contributed by atoms with van der Waals surface area (Å²) in [6.45, 7) is 8.72. The largest absolute Gasteiger partial charge is 0.346 e. The van der Waals surface area contributed by atoms with Crippen molar-refractivity contribution in [1.82, 2.24) is 9.88 Å². The van der Waals surface area contributed by atoms with E-state index in [4.69, 9.17) is 10.7 Å². The maximum atomic E-state index is 5.80. The topological polar surface area (TPSA) is 45.4 Å². The summed E-state index contributed by atoms with van der Waals surface area (Å²) in [5.41, 5.74) is 6.99. The van der Waals surface area contributed by atoms with Gasteiger partial charge in [-0.1, -0.05) is 6.92 Å². The van der Waals surface area contributed by atoms with Crippen molar-refractivity contribution in [3.8, 4) is 0 Å². The number of rotatable bonds is 5. The van der Waals surface area contributed by atoms with Crippen molar-refractivity contribution in [2.24, 2.45) is 11.7 Å². The molecular formula is C14H24N4S. The van der Waals surface area contributed by atoms with Gasteiger partial charge in [-0.3, -0.25) is 4.90 Å². The SMILES string of the molecule is CCc1nc(N2CCN(CC3CC3)CC2)sc1CN. The number of nitrogens with two attached hydrogens (primary N) is 1. The summed E-state index contributed by atoms with van der Waals surface area (Å²) in [6.07, 6.45) is 3.89. The lowest BCUT2D eigenvalue weighted by molar-refractivity contribution is 0.248. The molecule has 0 aromatic carbocycles. The Kier molecular flexibility index (Phi) is 4.05. The van der Waals surface area contributed by atoms with Crippen LogP contribution in [0.1, 0.15) is 30.3 Å².